The summed E-state index contributed by atoms with van der Waals surface area (Å²) >= 11 is 0. The molecule has 110 valence electrons. The lowest BCUT2D eigenvalue weighted by molar-refractivity contribution is -0.321. The lowest BCUT2D eigenvalue weighted by atomic mass is 9.56. The van der Waals surface area contributed by atoms with E-state index in [1.54, 1.807) is 0 Å². The van der Waals surface area contributed by atoms with Crippen LogP contribution < -0.4 is 0 Å². The zero-order chi connectivity index (χ0) is 13.7. The number of ether oxygens (including phenoxy) is 3. The van der Waals surface area contributed by atoms with E-state index in [0.29, 0.717) is 6.10 Å². The molecule has 3 nitrogen and oxygen atoms in total. The highest BCUT2D eigenvalue weighted by Gasteiger charge is 2.63. The monoisotopic (exact) mass is 268 g/mol. The van der Waals surface area contributed by atoms with Gasteiger partial charge in [0, 0.05) is 11.8 Å². The molecule has 0 amide bonds. The first-order valence-electron chi connectivity index (χ1n) is 7.87. The molecule has 3 heteroatoms. The molecule has 3 fully saturated rings. The van der Waals surface area contributed by atoms with E-state index in [1.807, 2.05) is 0 Å². The Morgan fingerprint density at radius 2 is 1.68 bits per heavy atom. The summed E-state index contributed by atoms with van der Waals surface area (Å²) in [5, 5.41) is 0. The minimum atomic E-state index is -0.410. The molecule has 1 unspecified atom stereocenters. The van der Waals surface area contributed by atoms with E-state index in [2.05, 4.69) is 27.7 Å². The molecule has 1 aliphatic carbocycles. The minimum Gasteiger partial charge on any atom is -0.374 e. The van der Waals surface area contributed by atoms with Gasteiger partial charge >= 0.3 is 0 Å². The normalized spacial score (nSPS) is 44.2. The molecule has 0 aromatic rings. The summed E-state index contributed by atoms with van der Waals surface area (Å²) in [4.78, 5) is 0. The second kappa shape index (κ2) is 4.44. The highest BCUT2D eigenvalue weighted by molar-refractivity contribution is 5.08. The average Bonchev–Trinajstić information content (AvgIpc) is 2.86. The van der Waals surface area contributed by atoms with Crippen LogP contribution in [0.2, 0.25) is 0 Å². The standard InChI is InChI=1S/C16H28O3/c1-5-12-6-7-15(4)8-9-16(17-10-11-18-16)14(2,3)13(15)19-12/h12-13H,5-11H2,1-4H3/t12-,13-,15?/m0/s1. The van der Waals surface area contributed by atoms with Crippen LogP contribution in [0.4, 0.5) is 0 Å². The third kappa shape index (κ3) is 1.89. The molecule has 2 saturated heterocycles. The Balaban J connectivity index is 1.91. The molecule has 0 bridgehead atoms. The zero-order valence-corrected chi connectivity index (χ0v) is 12.8. The molecule has 0 aromatic carbocycles. The maximum atomic E-state index is 6.48. The summed E-state index contributed by atoms with van der Waals surface area (Å²) in [5.41, 5.74) is 0.208. The van der Waals surface area contributed by atoms with Crippen LogP contribution in [-0.4, -0.2) is 31.2 Å². The van der Waals surface area contributed by atoms with Crippen LogP contribution in [0, 0.1) is 10.8 Å². The molecule has 0 radical (unpaired) electrons. The summed E-state index contributed by atoms with van der Waals surface area (Å²) < 4.78 is 18.6. The van der Waals surface area contributed by atoms with Gasteiger partial charge in [-0.2, -0.15) is 0 Å². The molecule has 2 heterocycles. The van der Waals surface area contributed by atoms with E-state index in [4.69, 9.17) is 14.2 Å². The average molecular weight is 268 g/mol. The lowest BCUT2D eigenvalue weighted by Crippen LogP contribution is -2.64. The molecule has 3 atom stereocenters. The number of hydrogen-bond acceptors (Lipinski definition) is 3. The van der Waals surface area contributed by atoms with Crippen molar-refractivity contribution in [3.63, 3.8) is 0 Å². The Hall–Kier alpha value is -0.120. The largest absolute Gasteiger partial charge is 0.374 e. The number of fused-ring (bicyclic) bond motifs is 1. The van der Waals surface area contributed by atoms with Gasteiger partial charge in [-0.05, 0) is 31.1 Å². The molecular weight excluding hydrogens is 240 g/mol. The Morgan fingerprint density at radius 1 is 1.00 bits per heavy atom. The smallest absolute Gasteiger partial charge is 0.176 e. The van der Waals surface area contributed by atoms with E-state index in [1.165, 1.54) is 12.8 Å². The Bertz CT molecular complexity index is 346. The van der Waals surface area contributed by atoms with Crippen molar-refractivity contribution in [3.8, 4) is 0 Å². The van der Waals surface area contributed by atoms with Crippen LogP contribution in [-0.2, 0) is 14.2 Å². The summed E-state index contributed by atoms with van der Waals surface area (Å²) in [6.45, 7) is 10.6. The summed E-state index contributed by atoms with van der Waals surface area (Å²) in [6, 6.07) is 0. The van der Waals surface area contributed by atoms with Gasteiger partial charge < -0.3 is 14.2 Å². The lowest BCUT2D eigenvalue weighted by Gasteiger charge is -2.60. The fraction of sp³-hybridized carbons (Fsp3) is 1.00. The number of hydrogen-bond donors (Lipinski definition) is 0. The maximum Gasteiger partial charge on any atom is 0.176 e. The maximum absolute atomic E-state index is 6.48. The summed E-state index contributed by atoms with van der Waals surface area (Å²) in [7, 11) is 0. The Labute approximate surface area is 117 Å². The van der Waals surface area contributed by atoms with Gasteiger partial charge in [-0.1, -0.05) is 27.7 Å². The molecule has 1 saturated carbocycles. The van der Waals surface area contributed by atoms with Gasteiger partial charge in [0.2, 0.25) is 0 Å². The van der Waals surface area contributed by atoms with E-state index >= 15 is 0 Å². The summed E-state index contributed by atoms with van der Waals surface area (Å²) in [6.07, 6.45) is 6.39. The van der Waals surface area contributed by atoms with E-state index in [-0.39, 0.29) is 16.9 Å². The third-order valence-corrected chi connectivity index (χ3v) is 5.87. The van der Waals surface area contributed by atoms with Gasteiger partial charge in [0.05, 0.1) is 25.4 Å². The predicted octanol–water partition coefficient (Wildman–Crippen LogP) is 3.51. The van der Waals surface area contributed by atoms with Crippen molar-refractivity contribution in [2.45, 2.75) is 77.8 Å². The van der Waals surface area contributed by atoms with Crippen molar-refractivity contribution >= 4 is 0 Å². The first-order chi connectivity index (χ1) is 8.94. The highest BCUT2D eigenvalue weighted by atomic mass is 16.7. The van der Waals surface area contributed by atoms with Crippen molar-refractivity contribution in [1.82, 2.24) is 0 Å². The fourth-order valence-corrected chi connectivity index (χ4v) is 4.59. The zero-order valence-electron chi connectivity index (χ0n) is 12.8. The molecule has 3 aliphatic rings. The van der Waals surface area contributed by atoms with Crippen molar-refractivity contribution in [1.29, 1.82) is 0 Å². The second-order valence-corrected chi connectivity index (χ2v) is 7.41. The van der Waals surface area contributed by atoms with Crippen LogP contribution in [0.1, 0.15) is 59.8 Å². The minimum absolute atomic E-state index is 0.0790. The van der Waals surface area contributed by atoms with E-state index in [0.717, 1.165) is 32.5 Å². The fourth-order valence-electron chi connectivity index (χ4n) is 4.59. The SMILES string of the molecule is CC[C@H]1CCC2(C)CCC3(OCCO3)C(C)(C)[C@@H]2O1. The first-order valence-corrected chi connectivity index (χ1v) is 7.87. The quantitative estimate of drug-likeness (QED) is 0.728. The molecule has 0 aromatic heterocycles. The second-order valence-electron chi connectivity index (χ2n) is 7.41. The van der Waals surface area contributed by atoms with Crippen molar-refractivity contribution < 1.29 is 14.2 Å². The van der Waals surface area contributed by atoms with Crippen molar-refractivity contribution in [2.75, 3.05) is 13.2 Å². The first kappa shape index (κ1) is 13.8. The van der Waals surface area contributed by atoms with Gasteiger partial charge in [-0.25, -0.2) is 0 Å². The summed E-state index contributed by atoms with van der Waals surface area (Å²) in [5.74, 6) is -0.410. The third-order valence-electron chi connectivity index (χ3n) is 5.87. The molecule has 0 N–H and O–H groups in total. The van der Waals surface area contributed by atoms with Crippen LogP contribution in [0.15, 0.2) is 0 Å². The highest BCUT2D eigenvalue weighted by Crippen LogP contribution is 2.59. The van der Waals surface area contributed by atoms with Crippen LogP contribution in [0.5, 0.6) is 0 Å². The van der Waals surface area contributed by atoms with Crippen LogP contribution >= 0.6 is 0 Å². The van der Waals surface area contributed by atoms with E-state index in [9.17, 15) is 0 Å². The Morgan fingerprint density at radius 3 is 2.32 bits per heavy atom. The van der Waals surface area contributed by atoms with E-state index < -0.39 is 5.79 Å². The van der Waals surface area contributed by atoms with Gasteiger partial charge in [-0.3, -0.25) is 0 Å². The van der Waals surface area contributed by atoms with Gasteiger partial charge in [-0.15, -0.1) is 0 Å². The molecule has 3 rings (SSSR count). The van der Waals surface area contributed by atoms with Crippen molar-refractivity contribution in [2.24, 2.45) is 10.8 Å². The van der Waals surface area contributed by atoms with Crippen LogP contribution in [0.25, 0.3) is 0 Å². The van der Waals surface area contributed by atoms with Gasteiger partial charge in [0.25, 0.3) is 0 Å². The predicted molar refractivity (Wildman–Crippen MR) is 73.9 cm³/mol. The number of rotatable bonds is 1. The molecule has 1 spiro atoms. The van der Waals surface area contributed by atoms with Gasteiger partial charge in [0.1, 0.15) is 0 Å². The topological polar surface area (TPSA) is 27.7 Å². The van der Waals surface area contributed by atoms with Gasteiger partial charge in [0.15, 0.2) is 5.79 Å². The molecular formula is C16H28O3. The Kier molecular flexibility index (Phi) is 3.23. The van der Waals surface area contributed by atoms with Crippen LogP contribution in [0.3, 0.4) is 0 Å². The molecule has 19 heavy (non-hydrogen) atoms. The molecule has 2 aliphatic heterocycles. The van der Waals surface area contributed by atoms with Crippen molar-refractivity contribution in [3.05, 3.63) is 0 Å².